The third-order valence-corrected chi connectivity index (χ3v) is 5.15. The third kappa shape index (κ3) is 4.73. The normalized spacial score (nSPS) is 15.4. The van der Waals surface area contributed by atoms with E-state index in [-0.39, 0.29) is 11.9 Å². The Hall–Kier alpha value is -2.24. The molecule has 27 heavy (non-hydrogen) atoms. The smallest absolute Gasteiger partial charge is 0.251 e. The first-order chi connectivity index (χ1) is 13.1. The van der Waals surface area contributed by atoms with Crippen LogP contribution in [0.25, 0.3) is 0 Å². The standard InChI is InChI=1S/C21H25ClN2O3/c1-26-19-9-8-15(13-20(19)27-2)18(24-10-3-4-11-24)14-23-21(25)16-6-5-7-17(22)12-16/h5-9,12-13,18H,3-4,10-11,14H2,1-2H3,(H,23,25). The molecule has 0 saturated carbocycles. The van der Waals surface area contributed by atoms with Crippen LogP contribution in [0, 0.1) is 0 Å². The quantitative estimate of drug-likeness (QED) is 0.780. The fourth-order valence-corrected chi connectivity index (χ4v) is 3.68. The Balaban J connectivity index is 1.79. The maximum atomic E-state index is 12.5. The molecule has 2 aromatic rings. The number of ether oxygens (including phenoxy) is 2. The Morgan fingerprint density at radius 3 is 2.52 bits per heavy atom. The van der Waals surface area contributed by atoms with Crippen LogP contribution in [-0.4, -0.2) is 44.7 Å². The lowest BCUT2D eigenvalue weighted by atomic mass is 10.0. The lowest BCUT2D eigenvalue weighted by molar-refractivity contribution is 0.0938. The number of carbonyl (C=O) groups excluding carboxylic acids is 1. The highest BCUT2D eigenvalue weighted by molar-refractivity contribution is 6.30. The minimum Gasteiger partial charge on any atom is -0.493 e. The van der Waals surface area contributed by atoms with Gasteiger partial charge < -0.3 is 14.8 Å². The molecule has 1 amide bonds. The van der Waals surface area contributed by atoms with E-state index < -0.39 is 0 Å². The van der Waals surface area contributed by atoms with Crippen LogP contribution in [0.3, 0.4) is 0 Å². The van der Waals surface area contributed by atoms with Crippen LogP contribution >= 0.6 is 11.6 Å². The number of benzene rings is 2. The predicted octanol–water partition coefficient (Wildman–Crippen LogP) is 3.92. The molecule has 1 aliphatic heterocycles. The van der Waals surface area contributed by atoms with E-state index in [1.165, 1.54) is 12.8 Å². The summed E-state index contributed by atoms with van der Waals surface area (Å²) in [4.78, 5) is 14.9. The van der Waals surface area contributed by atoms with Crippen molar-refractivity contribution in [3.05, 3.63) is 58.6 Å². The lowest BCUT2D eigenvalue weighted by Crippen LogP contribution is -2.36. The topological polar surface area (TPSA) is 50.8 Å². The van der Waals surface area contributed by atoms with Crippen LogP contribution in [0.2, 0.25) is 5.02 Å². The third-order valence-electron chi connectivity index (χ3n) is 4.92. The molecular weight excluding hydrogens is 364 g/mol. The molecule has 0 aliphatic carbocycles. The Morgan fingerprint density at radius 1 is 1.11 bits per heavy atom. The van der Waals surface area contributed by atoms with Gasteiger partial charge in [-0.1, -0.05) is 23.7 Å². The Labute approximate surface area is 165 Å². The fourth-order valence-electron chi connectivity index (χ4n) is 3.49. The molecule has 1 aliphatic rings. The van der Waals surface area contributed by atoms with Crippen molar-refractivity contribution in [1.82, 2.24) is 10.2 Å². The van der Waals surface area contributed by atoms with E-state index in [9.17, 15) is 4.79 Å². The second kappa shape index (κ2) is 9.11. The molecule has 144 valence electrons. The summed E-state index contributed by atoms with van der Waals surface area (Å²) in [5, 5.41) is 3.61. The number of rotatable bonds is 7. The van der Waals surface area contributed by atoms with E-state index in [1.54, 1.807) is 38.5 Å². The van der Waals surface area contributed by atoms with Gasteiger partial charge in [-0.3, -0.25) is 9.69 Å². The Morgan fingerprint density at radius 2 is 1.85 bits per heavy atom. The van der Waals surface area contributed by atoms with Gasteiger partial charge in [0.1, 0.15) is 0 Å². The van der Waals surface area contributed by atoms with Crippen LogP contribution < -0.4 is 14.8 Å². The maximum absolute atomic E-state index is 12.5. The van der Waals surface area contributed by atoms with Gasteiger partial charge in [-0.05, 0) is 61.8 Å². The van der Waals surface area contributed by atoms with Crippen molar-refractivity contribution in [2.45, 2.75) is 18.9 Å². The van der Waals surface area contributed by atoms with E-state index in [0.717, 1.165) is 18.7 Å². The van der Waals surface area contributed by atoms with Crippen molar-refractivity contribution >= 4 is 17.5 Å². The van der Waals surface area contributed by atoms with Crippen LogP contribution in [0.1, 0.15) is 34.8 Å². The summed E-state index contributed by atoms with van der Waals surface area (Å²) in [6.07, 6.45) is 2.35. The largest absolute Gasteiger partial charge is 0.493 e. The van der Waals surface area contributed by atoms with Gasteiger partial charge in [0.15, 0.2) is 11.5 Å². The van der Waals surface area contributed by atoms with Crippen LogP contribution in [0.15, 0.2) is 42.5 Å². The number of amides is 1. The summed E-state index contributed by atoms with van der Waals surface area (Å²) < 4.78 is 10.8. The highest BCUT2D eigenvalue weighted by atomic mass is 35.5. The van der Waals surface area contributed by atoms with E-state index in [0.29, 0.717) is 28.6 Å². The van der Waals surface area contributed by atoms with E-state index in [4.69, 9.17) is 21.1 Å². The van der Waals surface area contributed by atoms with Gasteiger partial charge in [-0.15, -0.1) is 0 Å². The maximum Gasteiger partial charge on any atom is 0.251 e. The zero-order valence-corrected chi connectivity index (χ0v) is 16.5. The molecule has 6 heteroatoms. The number of halogens is 1. The number of methoxy groups -OCH3 is 2. The predicted molar refractivity (Wildman–Crippen MR) is 107 cm³/mol. The number of carbonyl (C=O) groups is 1. The average Bonchev–Trinajstić information content (AvgIpc) is 3.22. The van der Waals surface area contributed by atoms with Gasteiger partial charge in [0.25, 0.3) is 5.91 Å². The minimum absolute atomic E-state index is 0.0791. The molecule has 1 N–H and O–H groups in total. The van der Waals surface area contributed by atoms with Crippen molar-refractivity contribution in [2.24, 2.45) is 0 Å². The summed E-state index contributed by atoms with van der Waals surface area (Å²) in [5.41, 5.74) is 1.66. The monoisotopic (exact) mass is 388 g/mol. The van der Waals surface area contributed by atoms with Crippen molar-refractivity contribution in [3.63, 3.8) is 0 Å². The lowest BCUT2D eigenvalue weighted by Gasteiger charge is -2.28. The molecule has 3 rings (SSSR count). The molecule has 1 heterocycles. The molecule has 1 unspecified atom stereocenters. The molecule has 1 fully saturated rings. The van der Waals surface area contributed by atoms with Crippen molar-refractivity contribution in [2.75, 3.05) is 33.9 Å². The van der Waals surface area contributed by atoms with Crippen molar-refractivity contribution in [1.29, 1.82) is 0 Å². The number of nitrogens with zero attached hydrogens (tertiary/aromatic N) is 1. The van der Waals surface area contributed by atoms with Crippen LogP contribution in [0.4, 0.5) is 0 Å². The molecule has 5 nitrogen and oxygen atoms in total. The van der Waals surface area contributed by atoms with Gasteiger partial charge in [-0.2, -0.15) is 0 Å². The molecule has 2 aromatic carbocycles. The number of hydrogen-bond acceptors (Lipinski definition) is 4. The fraction of sp³-hybridized carbons (Fsp3) is 0.381. The first kappa shape index (κ1) is 19.5. The van der Waals surface area contributed by atoms with Gasteiger partial charge in [0.2, 0.25) is 0 Å². The van der Waals surface area contributed by atoms with E-state index in [1.807, 2.05) is 18.2 Å². The Bertz CT molecular complexity index is 791. The first-order valence-electron chi connectivity index (χ1n) is 9.12. The zero-order valence-electron chi connectivity index (χ0n) is 15.7. The highest BCUT2D eigenvalue weighted by Gasteiger charge is 2.25. The molecule has 0 spiro atoms. The average molecular weight is 389 g/mol. The van der Waals surface area contributed by atoms with E-state index in [2.05, 4.69) is 10.2 Å². The summed E-state index contributed by atoms with van der Waals surface area (Å²) in [6.45, 7) is 2.55. The van der Waals surface area contributed by atoms with Crippen LogP contribution in [-0.2, 0) is 0 Å². The number of likely N-dealkylation sites (tertiary alicyclic amines) is 1. The van der Waals surface area contributed by atoms with Crippen LogP contribution in [0.5, 0.6) is 11.5 Å². The molecule has 0 bridgehead atoms. The van der Waals surface area contributed by atoms with Crippen molar-refractivity contribution < 1.29 is 14.3 Å². The first-order valence-corrected chi connectivity index (χ1v) is 9.50. The summed E-state index contributed by atoms with van der Waals surface area (Å²) in [5.74, 6) is 1.27. The van der Waals surface area contributed by atoms with Gasteiger partial charge in [-0.25, -0.2) is 0 Å². The molecule has 1 atom stereocenters. The SMILES string of the molecule is COc1ccc(C(CNC(=O)c2cccc(Cl)c2)N2CCCC2)cc1OC. The second-order valence-corrected chi connectivity index (χ2v) is 7.03. The zero-order chi connectivity index (χ0) is 19.2. The Kier molecular flexibility index (Phi) is 6.58. The number of hydrogen-bond donors (Lipinski definition) is 1. The minimum atomic E-state index is -0.123. The summed E-state index contributed by atoms with van der Waals surface area (Å²) >= 11 is 6.00. The molecule has 1 saturated heterocycles. The summed E-state index contributed by atoms with van der Waals surface area (Å²) in [7, 11) is 3.26. The number of nitrogens with one attached hydrogen (secondary N) is 1. The van der Waals surface area contributed by atoms with Crippen molar-refractivity contribution in [3.8, 4) is 11.5 Å². The second-order valence-electron chi connectivity index (χ2n) is 6.59. The molecule has 0 radical (unpaired) electrons. The van der Waals surface area contributed by atoms with Gasteiger partial charge >= 0.3 is 0 Å². The van der Waals surface area contributed by atoms with E-state index >= 15 is 0 Å². The van der Waals surface area contributed by atoms with Gasteiger partial charge in [0, 0.05) is 17.1 Å². The molecular formula is C21H25ClN2O3. The molecule has 0 aromatic heterocycles. The highest BCUT2D eigenvalue weighted by Crippen LogP contribution is 2.33. The summed E-state index contributed by atoms with van der Waals surface area (Å²) in [6, 6.07) is 13.0. The van der Waals surface area contributed by atoms with Gasteiger partial charge in [0.05, 0.1) is 20.3 Å².